The van der Waals surface area contributed by atoms with Gasteiger partial charge in [0.15, 0.2) is 5.05 Å². The third kappa shape index (κ3) is 4.04. The van der Waals surface area contributed by atoms with Crippen LogP contribution in [0.4, 0.5) is 0 Å². The van der Waals surface area contributed by atoms with Crippen LogP contribution in [0.2, 0.25) is 5.02 Å². The first kappa shape index (κ1) is 15.5. The number of halogens is 2. The van der Waals surface area contributed by atoms with Gasteiger partial charge in [0.25, 0.3) is 0 Å². The molecular formula is C14H14BrClN2OS. The van der Waals surface area contributed by atoms with Crippen LogP contribution in [0.5, 0.6) is 0 Å². The summed E-state index contributed by atoms with van der Waals surface area (Å²) in [6.45, 7) is 2.62. The molecule has 1 unspecified atom stereocenters. The highest BCUT2D eigenvalue weighted by Gasteiger charge is 2.18. The van der Waals surface area contributed by atoms with E-state index >= 15 is 0 Å². The number of thiocarbonyl (C=S) groups is 1. The molecule has 2 rings (SSSR count). The Hall–Kier alpha value is -0.910. The number of benzene rings is 1. The first-order chi connectivity index (χ1) is 9.60. The number of aromatic nitrogens is 2. The summed E-state index contributed by atoms with van der Waals surface area (Å²) in [6.07, 6.45) is 5.93. The molecule has 0 aliphatic rings. The van der Waals surface area contributed by atoms with Crippen molar-refractivity contribution in [1.29, 1.82) is 0 Å². The van der Waals surface area contributed by atoms with Crippen molar-refractivity contribution in [1.82, 2.24) is 9.55 Å². The molecule has 1 heterocycles. The predicted octanol–water partition coefficient (Wildman–Crippen LogP) is 4.79. The maximum absolute atomic E-state index is 5.99. The molecule has 0 saturated heterocycles. The molecule has 0 fully saturated rings. The Kier molecular flexibility index (Phi) is 5.57. The first-order valence-corrected chi connectivity index (χ1v) is 7.78. The van der Waals surface area contributed by atoms with E-state index in [1.165, 1.54) is 0 Å². The van der Waals surface area contributed by atoms with Crippen LogP contribution in [0.1, 0.15) is 25.0 Å². The highest BCUT2D eigenvalue weighted by atomic mass is 79.9. The van der Waals surface area contributed by atoms with E-state index in [9.17, 15) is 0 Å². The van der Waals surface area contributed by atoms with E-state index in [-0.39, 0.29) is 6.10 Å². The minimum atomic E-state index is -0.178. The van der Waals surface area contributed by atoms with E-state index < -0.39 is 0 Å². The molecule has 0 bridgehead atoms. The molecule has 3 nitrogen and oxygen atoms in total. The van der Waals surface area contributed by atoms with E-state index in [0.717, 1.165) is 10.0 Å². The Labute approximate surface area is 137 Å². The molecule has 0 spiro atoms. The van der Waals surface area contributed by atoms with Crippen LogP contribution < -0.4 is 0 Å². The van der Waals surface area contributed by atoms with Crippen molar-refractivity contribution in [2.75, 3.05) is 0 Å². The number of nitrogens with zero attached hydrogens (tertiary/aromatic N) is 2. The van der Waals surface area contributed by atoms with Crippen molar-refractivity contribution in [2.45, 2.75) is 26.0 Å². The molecule has 0 amide bonds. The van der Waals surface area contributed by atoms with Crippen LogP contribution in [0.15, 0.2) is 41.4 Å². The summed E-state index contributed by atoms with van der Waals surface area (Å²) in [5.41, 5.74) is 1.01. The van der Waals surface area contributed by atoms with Crippen molar-refractivity contribution in [3.8, 4) is 0 Å². The Morgan fingerprint density at radius 3 is 2.95 bits per heavy atom. The molecule has 106 valence electrons. The van der Waals surface area contributed by atoms with Crippen LogP contribution in [-0.2, 0) is 11.3 Å². The lowest BCUT2D eigenvalue weighted by Crippen LogP contribution is -2.15. The summed E-state index contributed by atoms with van der Waals surface area (Å²) in [5.74, 6) is 0. The van der Waals surface area contributed by atoms with Crippen LogP contribution in [0.25, 0.3) is 0 Å². The minimum absolute atomic E-state index is 0.178. The summed E-state index contributed by atoms with van der Waals surface area (Å²) in [5, 5.41) is 1.28. The lowest BCUT2D eigenvalue weighted by atomic mass is 10.1. The smallest absolute Gasteiger partial charge is 0.160 e. The number of hydrogen-bond donors (Lipinski definition) is 0. The van der Waals surface area contributed by atoms with Crippen LogP contribution in [-0.4, -0.2) is 14.6 Å². The van der Waals surface area contributed by atoms with E-state index in [1.54, 1.807) is 12.5 Å². The summed E-state index contributed by atoms with van der Waals surface area (Å²) in [4.78, 5) is 4.05. The molecule has 0 N–H and O–H groups in total. The Balaban J connectivity index is 2.27. The van der Waals surface area contributed by atoms with Crippen molar-refractivity contribution in [2.24, 2.45) is 0 Å². The molecule has 0 saturated carbocycles. The molecule has 0 aliphatic carbocycles. The fourth-order valence-corrected chi connectivity index (χ4v) is 2.84. The predicted molar refractivity (Wildman–Crippen MR) is 88.1 cm³/mol. The lowest BCUT2D eigenvalue weighted by Gasteiger charge is -2.21. The topological polar surface area (TPSA) is 27.1 Å². The molecule has 20 heavy (non-hydrogen) atoms. The van der Waals surface area contributed by atoms with Gasteiger partial charge in [-0.25, -0.2) is 4.98 Å². The highest BCUT2D eigenvalue weighted by molar-refractivity contribution is 9.10. The fourth-order valence-electron chi connectivity index (χ4n) is 1.79. The molecule has 1 aromatic heterocycles. The normalized spacial score (nSPS) is 12.2. The number of rotatable bonds is 5. The summed E-state index contributed by atoms with van der Waals surface area (Å²) >= 11 is 14.7. The maximum atomic E-state index is 5.99. The largest absolute Gasteiger partial charge is 0.477 e. The summed E-state index contributed by atoms with van der Waals surface area (Å²) < 4.78 is 8.76. The van der Waals surface area contributed by atoms with Crippen LogP contribution in [0.3, 0.4) is 0 Å². The zero-order valence-corrected chi connectivity index (χ0v) is 14.1. The standard InChI is InChI=1S/C14H14BrClN2OS/c1-2-14(20)19-13(8-18-6-5-17-9-18)11-4-3-10(16)7-12(11)15/h3-7,9,13H,2,8H2,1H3. The van der Waals surface area contributed by atoms with E-state index in [4.69, 9.17) is 28.6 Å². The Bertz CT molecular complexity index is 589. The second kappa shape index (κ2) is 7.20. The third-order valence-electron chi connectivity index (χ3n) is 2.81. The van der Waals surface area contributed by atoms with Crippen molar-refractivity contribution < 1.29 is 4.74 Å². The second-order valence-corrected chi connectivity index (χ2v) is 6.00. The van der Waals surface area contributed by atoms with Gasteiger partial charge in [0, 0.05) is 33.9 Å². The quantitative estimate of drug-likeness (QED) is 0.705. The van der Waals surface area contributed by atoms with E-state index in [1.807, 2.05) is 35.9 Å². The van der Waals surface area contributed by atoms with Crippen LogP contribution >= 0.6 is 39.7 Å². The molecule has 0 aliphatic heterocycles. The zero-order chi connectivity index (χ0) is 14.5. The SMILES string of the molecule is CCC(=S)OC(Cn1ccnc1)c1ccc(Cl)cc1Br. The van der Waals surface area contributed by atoms with Gasteiger partial charge < -0.3 is 9.30 Å². The lowest BCUT2D eigenvalue weighted by molar-refractivity contribution is 0.170. The van der Waals surface area contributed by atoms with Gasteiger partial charge in [-0.05, 0) is 24.4 Å². The number of hydrogen-bond acceptors (Lipinski definition) is 3. The minimum Gasteiger partial charge on any atom is -0.477 e. The van der Waals surface area contributed by atoms with E-state index in [2.05, 4.69) is 20.9 Å². The number of imidazole rings is 1. The summed E-state index contributed by atoms with van der Waals surface area (Å²) in [6, 6.07) is 5.66. The monoisotopic (exact) mass is 372 g/mol. The molecule has 1 atom stereocenters. The van der Waals surface area contributed by atoms with Gasteiger partial charge in [-0.3, -0.25) is 0 Å². The van der Waals surface area contributed by atoms with Gasteiger partial charge in [0.05, 0.1) is 12.9 Å². The average Bonchev–Trinajstić information content (AvgIpc) is 2.91. The molecular weight excluding hydrogens is 360 g/mol. The van der Waals surface area contributed by atoms with E-state index in [0.29, 0.717) is 23.0 Å². The van der Waals surface area contributed by atoms with Gasteiger partial charge in [-0.1, -0.05) is 40.5 Å². The van der Waals surface area contributed by atoms with Crippen molar-refractivity contribution in [3.63, 3.8) is 0 Å². The Morgan fingerprint density at radius 1 is 1.55 bits per heavy atom. The first-order valence-electron chi connectivity index (χ1n) is 6.20. The number of ether oxygens (including phenoxy) is 1. The maximum Gasteiger partial charge on any atom is 0.160 e. The van der Waals surface area contributed by atoms with Gasteiger partial charge >= 0.3 is 0 Å². The molecule has 1 aromatic carbocycles. The van der Waals surface area contributed by atoms with Gasteiger partial charge in [-0.15, -0.1) is 0 Å². The highest BCUT2D eigenvalue weighted by Crippen LogP contribution is 2.30. The zero-order valence-electron chi connectivity index (χ0n) is 10.9. The molecule has 2 aromatic rings. The average molecular weight is 374 g/mol. The Morgan fingerprint density at radius 2 is 2.35 bits per heavy atom. The van der Waals surface area contributed by atoms with Crippen molar-refractivity contribution in [3.05, 3.63) is 52.0 Å². The van der Waals surface area contributed by atoms with Gasteiger partial charge in [-0.2, -0.15) is 0 Å². The molecule has 0 radical (unpaired) electrons. The second-order valence-electron chi connectivity index (χ2n) is 4.26. The van der Waals surface area contributed by atoms with Crippen molar-refractivity contribution >= 4 is 44.8 Å². The summed E-state index contributed by atoms with van der Waals surface area (Å²) in [7, 11) is 0. The fraction of sp³-hybridized carbons (Fsp3) is 0.286. The van der Waals surface area contributed by atoms with Crippen LogP contribution in [0, 0.1) is 0 Å². The van der Waals surface area contributed by atoms with Gasteiger partial charge in [0.1, 0.15) is 6.10 Å². The molecule has 6 heteroatoms. The van der Waals surface area contributed by atoms with Gasteiger partial charge in [0.2, 0.25) is 0 Å². The third-order valence-corrected chi connectivity index (χ3v) is 4.11.